The summed E-state index contributed by atoms with van der Waals surface area (Å²) in [6.45, 7) is 0.945. The standard InChI is InChI=1S/C14H19N3S2/c1-15-11-4-3-5-12-13(11)19-14(16-12)17(2)8-10-6-7-18-9-10/h6-7,9,11,15H,3-5,8H2,1-2H3. The molecule has 0 spiro atoms. The summed E-state index contributed by atoms with van der Waals surface area (Å²) >= 11 is 3.61. The first-order valence-corrected chi connectivity index (χ1v) is 8.43. The quantitative estimate of drug-likeness (QED) is 0.936. The predicted molar refractivity (Wildman–Crippen MR) is 83.3 cm³/mol. The summed E-state index contributed by atoms with van der Waals surface area (Å²) < 4.78 is 0. The first-order chi connectivity index (χ1) is 9.28. The molecule has 1 aliphatic carbocycles. The summed E-state index contributed by atoms with van der Waals surface area (Å²) in [6, 6.07) is 2.69. The van der Waals surface area contributed by atoms with Crippen molar-refractivity contribution in [3.8, 4) is 0 Å². The zero-order valence-corrected chi connectivity index (χ0v) is 13.0. The average Bonchev–Trinajstić information content (AvgIpc) is 3.06. The van der Waals surface area contributed by atoms with Crippen LogP contribution >= 0.6 is 22.7 Å². The number of anilines is 1. The van der Waals surface area contributed by atoms with Crippen LogP contribution in [-0.2, 0) is 13.0 Å². The number of aryl methyl sites for hydroxylation is 1. The maximum absolute atomic E-state index is 4.84. The molecule has 0 aliphatic heterocycles. The monoisotopic (exact) mass is 293 g/mol. The van der Waals surface area contributed by atoms with Gasteiger partial charge in [-0.2, -0.15) is 11.3 Å². The Bertz CT molecular complexity index is 533. The molecule has 1 atom stereocenters. The lowest BCUT2D eigenvalue weighted by atomic mass is 9.98. The number of thiophene rings is 1. The van der Waals surface area contributed by atoms with Crippen LogP contribution in [0.25, 0.3) is 0 Å². The van der Waals surface area contributed by atoms with E-state index in [0.29, 0.717) is 6.04 Å². The minimum Gasteiger partial charge on any atom is -0.347 e. The number of nitrogens with one attached hydrogen (secondary N) is 1. The van der Waals surface area contributed by atoms with Crippen molar-refractivity contribution in [1.29, 1.82) is 0 Å². The Morgan fingerprint density at radius 2 is 2.42 bits per heavy atom. The van der Waals surface area contributed by atoms with Crippen LogP contribution in [0.3, 0.4) is 0 Å². The smallest absolute Gasteiger partial charge is 0.185 e. The Morgan fingerprint density at radius 1 is 1.53 bits per heavy atom. The van der Waals surface area contributed by atoms with E-state index in [1.54, 1.807) is 11.3 Å². The van der Waals surface area contributed by atoms with Gasteiger partial charge in [0.2, 0.25) is 0 Å². The van der Waals surface area contributed by atoms with Gasteiger partial charge in [-0.15, -0.1) is 0 Å². The first kappa shape index (κ1) is 13.1. The van der Waals surface area contributed by atoms with E-state index < -0.39 is 0 Å². The molecule has 2 heterocycles. The molecule has 0 radical (unpaired) electrons. The normalized spacial score (nSPS) is 18.3. The molecular weight excluding hydrogens is 274 g/mol. The van der Waals surface area contributed by atoms with Crippen LogP contribution in [0.2, 0.25) is 0 Å². The fraction of sp³-hybridized carbons (Fsp3) is 0.500. The fourth-order valence-corrected chi connectivity index (χ4v) is 4.45. The van der Waals surface area contributed by atoms with Crippen LogP contribution in [0.5, 0.6) is 0 Å². The molecule has 0 aromatic carbocycles. The van der Waals surface area contributed by atoms with E-state index in [1.165, 1.54) is 29.0 Å². The molecule has 1 unspecified atom stereocenters. The van der Waals surface area contributed by atoms with Gasteiger partial charge in [0.1, 0.15) is 0 Å². The molecule has 3 nitrogen and oxygen atoms in total. The second-order valence-corrected chi connectivity index (χ2v) is 6.82. The van der Waals surface area contributed by atoms with Gasteiger partial charge in [0.05, 0.1) is 5.69 Å². The van der Waals surface area contributed by atoms with Gasteiger partial charge < -0.3 is 10.2 Å². The van der Waals surface area contributed by atoms with E-state index in [2.05, 4.69) is 34.1 Å². The Kier molecular flexibility index (Phi) is 3.86. The van der Waals surface area contributed by atoms with Gasteiger partial charge in [0, 0.05) is 24.5 Å². The van der Waals surface area contributed by atoms with E-state index >= 15 is 0 Å². The Hall–Kier alpha value is -0.910. The first-order valence-electron chi connectivity index (χ1n) is 6.67. The highest BCUT2D eigenvalue weighted by Crippen LogP contribution is 2.37. The van der Waals surface area contributed by atoms with Crippen molar-refractivity contribution in [2.24, 2.45) is 0 Å². The van der Waals surface area contributed by atoms with Crippen LogP contribution in [0.1, 0.15) is 35.0 Å². The highest BCUT2D eigenvalue weighted by Gasteiger charge is 2.24. The average molecular weight is 293 g/mol. The number of thiazole rings is 1. The summed E-state index contributed by atoms with van der Waals surface area (Å²) in [7, 11) is 4.19. The molecule has 5 heteroatoms. The van der Waals surface area contributed by atoms with Gasteiger partial charge in [-0.1, -0.05) is 11.3 Å². The van der Waals surface area contributed by atoms with Gasteiger partial charge in [-0.25, -0.2) is 4.98 Å². The van der Waals surface area contributed by atoms with Crippen LogP contribution in [0.4, 0.5) is 5.13 Å². The van der Waals surface area contributed by atoms with Gasteiger partial charge in [0.25, 0.3) is 0 Å². The summed E-state index contributed by atoms with van der Waals surface area (Å²) in [5.41, 5.74) is 2.67. The lowest BCUT2D eigenvalue weighted by Gasteiger charge is -2.19. The third-order valence-corrected chi connectivity index (χ3v) is 5.67. The second-order valence-electron chi connectivity index (χ2n) is 5.03. The fourth-order valence-electron chi connectivity index (χ4n) is 2.57. The van der Waals surface area contributed by atoms with E-state index in [0.717, 1.165) is 18.1 Å². The highest BCUT2D eigenvalue weighted by molar-refractivity contribution is 7.15. The Labute approximate surface area is 122 Å². The Morgan fingerprint density at radius 3 is 3.16 bits per heavy atom. The van der Waals surface area contributed by atoms with E-state index in [9.17, 15) is 0 Å². The zero-order valence-electron chi connectivity index (χ0n) is 11.3. The van der Waals surface area contributed by atoms with Gasteiger partial charge in [-0.05, 0) is 48.7 Å². The molecular formula is C14H19N3S2. The van der Waals surface area contributed by atoms with Gasteiger partial charge in [0.15, 0.2) is 5.13 Å². The molecule has 3 rings (SSSR count). The molecule has 2 aromatic heterocycles. The highest BCUT2D eigenvalue weighted by atomic mass is 32.1. The number of hydrogen-bond acceptors (Lipinski definition) is 5. The van der Waals surface area contributed by atoms with Crippen molar-refractivity contribution in [2.75, 3.05) is 19.0 Å². The van der Waals surface area contributed by atoms with Crippen molar-refractivity contribution in [3.63, 3.8) is 0 Å². The van der Waals surface area contributed by atoms with Gasteiger partial charge in [-0.3, -0.25) is 0 Å². The third kappa shape index (κ3) is 2.68. The SMILES string of the molecule is CNC1CCCc2nc(N(C)Cc3ccsc3)sc21. The van der Waals surface area contributed by atoms with Crippen LogP contribution in [0, 0.1) is 0 Å². The van der Waals surface area contributed by atoms with Crippen molar-refractivity contribution < 1.29 is 0 Å². The molecule has 102 valence electrons. The zero-order chi connectivity index (χ0) is 13.2. The topological polar surface area (TPSA) is 28.2 Å². The lowest BCUT2D eigenvalue weighted by Crippen LogP contribution is -2.19. The molecule has 19 heavy (non-hydrogen) atoms. The van der Waals surface area contributed by atoms with Crippen LogP contribution < -0.4 is 10.2 Å². The van der Waals surface area contributed by atoms with Crippen molar-refractivity contribution in [3.05, 3.63) is 33.0 Å². The molecule has 0 saturated carbocycles. The number of aromatic nitrogens is 1. The summed E-state index contributed by atoms with van der Waals surface area (Å²) in [6.07, 6.45) is 3.62. The van der Waals surface area contributed by atoms with Crippen molar-refractivity contribution in [2.45, 2.75) is 31.8 Å². The minimum atomic E-state index is 0.504. The van der Waals surface area contributed by atoms with Gasteiger partial charge >= 0.3 is 0 Å². The molecule has 0 saturated heterocycles. The summed E-state index contributed by atoms with van der Waals surface area (Å²) in [5.74, 6) is 0. The summed E-state index contributed by atoms with van der Waals surface area (Å²) in [4.78, 5) is 8.54. The van der Waals surface area contributed by atoms with Crippen molar-refractivity contribution in [1.82, 2.24) is 10.3 Å². The molecule has 1 N–H and O–H groups in total. The third-order valence-electron chi connectivity index (χ3n) is 3.61. The molecule has 0 amide bonds. The van der Waals surface area contributed by atoms with E-state index in [1.807, 2.05) is 18.4 Å². The number of fused-ring (bicyclic) bond motifs is 1. The number of nitrogens with zero attached hydrogens (tertiary/aromatic N) is 2. The second kappa shape index (κ2) is 5.61. The molecule has 2 aromatic rings. The Balaban J connectivity index is 1.80. The maximum Gasteiger partial charge on any atom is 0.185 e. The van der Waals surface area contributed by atoms with Crippen LogP contribution in [-0.4, -0.2) is 19.1 Å². The lowest BCUT2D eigenvalue weighted by molar-refractivity contribution is 0.501. The molecule has 0 bridgehead atoms. The molecule has 1 aliphatic rings. The van der Waals surface area contributed by atoms with Crippen molar-refractivity contribution >= 4 is 27.8 Å². The molecule has 0 fully saturated rings. The minimum absolute atomic E-state index is 0.504. The maximum atomic E-state index is 4.84. The predicted octanol–water partition coefficient (Wildman–Crippen LogP) is 3.44. The number of rotatable bonds is 4. The number of hydrogen-bond donors (Lipinski definition) is 1. The van der Waals surface area contributed by atoms with E-state index in [4.69, 9.17) is 4.98 Å². The summed E-state index contributed by atoms with van der Waals surface area (Å²) in [5, 5.41) is 8.90. The largest absolute Gasteiger partial charge is 0.347 e. The van der Waals surface area contributed by atoms with E-state index in [-0.39, 0.29) is 0 Å². The van der Waals surface area contributed by atoms with Crippen LogP contribution in [0.15, 0.2) is 16.8 Å².